The molecule has 1 atom stereocenters. The van der Waals surface area contributed by atoms with E-state index in [2.05, 4.69) is 21.2 Å². The number of rotatable bonds is 6. The summed E-state index contributed by atoms with van der Waals surface area (Å²) in [4.78, 5) is 16.2. The number of non-ortho nitro benzene ring substituents is 1. The Labute approximate surface area is 141 Å². The maximum absolute atomic E-state index is 10.9. The van der Waals surface area contributed by atoms with Gasteiger partial charge in [0.05, 0.1) is 4.92 Å². The summed E-state index contributed by atoms with van der Waals surface area (Å²) < 4.78 is 0. The summed E-state index contributed by atoms with van der Waals surface area (Å²) >= 11 is 3.16. The van der Waals surface area contributed by atoms with Gasteiger partial charge in [0.2, 0.25) is 5.16 Å². The summed E-state index contributed by atoms with van der Waals surface area (Å²) in [5, 5.41) is 20.7. The van der Waals surface area contributed by atoms with E-state index < -0.39 is 0 Å². The molecule has 0 saturated carbocycles. The van der Waals surface area contributed by atoms with Gasteiger partial charge < -0.3 is 0 Å². The van der Waals surface area contributed by atoms with Gasteiger partial charge in [0, 0.05) is 28.7 Å². The van der Waals surface area contributed by atoms with Crippen LogP contribution in [0.5, 0.6) is 0 Å². The first-order chi connectivity index (χ1) is 11.1. The number of benzene rings is 1. The Morgan fingerprint density at radius 1 is 1.39 bits per heavy atom. The summed E-state index contributed by atoms with van der Waals surface area (Å²) in [5.41, 5.74) is 0.983. The van der Waals surface area contributed by atoms with Crippen LogP contribution in [0.2, 0.25) is 0 Å². The lowest BCUT2D eigenvalue weighted by atomic mass is 10.1. The third-order valence-corrected chi connectivity index (χ3v) is 5.16. The van der Waals surface area contributed by atoms with E-state index in [-0.39, 0.29) is 15.9 Å². The molecule has 2 heterocycles. The second-order valence-corrected chi connectivity index (χ2v) is 7.27. The van der Waals surface area contributed by atoms with Gasteiger partial charge in [-0.15, -0.1) is 16.4 Å². The molecular formula is C15H14N4O2S2. The number of nitrogens with one attached hydrogen (secondary N) is 1. The van der Waals surface area contributed by atoms with Gasteiger partial charge in [0.1, 0.15) is 5.82 Å². The standard InChI is InChI=1S/C15H14N4O2S2/c1-10(11-4-2-5-12(8-11)19(20)21)23-15-16-14(17-18-15)9-13-6-3-7-22-13/h2-8,10H,9H2,1H3,(H,16,17,18). The summed E-state index contributed by atoms with van der Waals surface area (Å²) in [6.45, 7) is 1.99. The molecule has 8 heteroatoms. The van der Waals surface area contributed by atoms with Gasteiger partial charge in [-0.1, -0.05) is 30.0 Å². The van der Waals surface area contributed by atoms with E-state index in [1.54, 1.807) is 23.5 Å². The van der Waals surface area contributed by atoms with Gasteiger partial charge in [0.15, 0.2) is 0 Å². The van der Waals surface area contributed by atoms with Crippen LogP contribution in [0.3, 0.4) is 0 Å². The Bertz CT molecular complexity index is 801. The van der Waals surface area contributed by atoms with Crippen molar-refractivity contribution in [2.75, 3.05) is 0 Å². The van der Waals surface area contributed by atoms with Crippen LogP contribution in [-0.4, -0.2) is 20.1 Å². The van der Waals surface area contributed by atoms with Crippen molar-refractivity contribution < 1.29 is 4.92 Å². The highest BCUT2D eigenvalue weighted by Crippen LogP contribution is 2.34. The number of nitro groups is 1. The normalized spacial score (nSPS) is 12.2. The molecule has 0 aliphatic carbocycles. The Balaban J connectivity index is 1.68. The van der Waals surface area contributed by atoms with Crippen LogP contribution in [0.4, 0.5) is 5.69 Å². The summed E-state index contributed by atoms with van der Waals surface area (Å²) in [6.07, 6.45) is 0.733. The first-order valence-corrected chi connectivity index (χ1v) is 8.72. The number of aromatic nitrogens is 3. The lowest BCUT2D eigenvalue weighted by Gasteiger charge is -2.08. The monoisotopic (exact) mass is 346 g/mol. The molecule has 3 aromatic rings. The topological polar surface area (TPSA) is 84.7 Å². The van der Waals surface area contributed by atoms with E-state index in [0.29, 0.717) is 5.16 Å². The fourth-order valence-electron chi connectivity index (χ4n) is 2.11. The molecule has 1 unspecified atom stereocenters. The third-order valence-electron chi connectivity index (χ3n) is 3.27. The maximum atomic E-state index is 10.9. The number of nitro benzene ring substituents is 1. The van der Waals surface area contributed by atoms with Crippen LogP contribution in [0.15, 0.2) is 46.9 Å². The maximum Gasteiger partial charge on any atom is 0.269 e. The molecule has 6 nitrogen and oxygen atoms in total. The van der Waals surface area contributed by atoms with Gasteiger partial charge in [0.25, 0.3) is 5.69 Å². The van der Waals surface area contributed by atoms with Crippen molar-refractivity contribution in [3.05, 3.63) is 68.2 Å². The molecule has 0 radical (unpaired) electrons. The summed E-state index contributed by atoms with van der Waals surface area (Å²) in [7, 11) is 0. The number of H-pyrrole nitrogens is 1. The minimum Gasteiger partial charge on any atom is -0.262 e. The van der Waals surface area contributed by atoms with Crippen LogP contribution in [0.25, 0.3) is 0 Å². The zero-order valence-corrected chi connectivity index (χ0v) is 13.9. The lowest BCUT2D eigenvalue weighted by molar-refractivity contribution is -0.384. The fourth-order valence-corrected chi connectivity index (χ4v) is 3.67. The second kappa shape index (κ2) is 6.93. The molecule has 0 fully saturated rings. The average Bonchev–Trinajstić information content (AvgIpc) is 3.20. The molecule has 0 aliphatic heterocycles. The number of hydrogen-bond acceptors (Lipinski definition) is 6. The fraction of sp³-hybridized carbons (Fsp3) is 0.200. The smallest absolute Gasteiger partial charge is 0.262 e. The summed E-state index contributed by atoms with van der Waals surface area (Å²) in [6, 6.07) is 10.7. The molecule has 118 valence electrons. The van der Waals surface area contributed by atoms with Gasteiger partial charge in [-0.05, 0) is 23.9 Å². The number of thioether (sulfide) groups is 1. The van der Waals surface area contributed by atoms with Crippen LogP contribution < -0.4 is 0 Å². The van der Waals surface area contributed by atoms with Crippen molar-refractivity contribution in [2.24, 2.45) is 0 Å². The molecule has 23 heavy (non-hydrogen) atoms. The zero-order chi connectivity index (χ0) is 16.2. The number of nitrogens with zero attached hydrogens (tertiary/aromatic N) is 3. The molecule has 1 aromatic carbocycles. The molecule has 1 N–H and O–H groups in total. The van der Waals surface area contributed by atoms with Gasteiger partial charge >= 0.3 is 0 Å². The van der Waals surface area contributed by atoms with Crippen LogP contribution >= 0.6 is 23.1 Å². The van der Waals surface area contributed by atoms with E-state index in [1.807, 2.05) is 24.4 Å². The number of hydrogen-bond donors (Lipinski definition) is 1. The van der Waals surface area contributed by atoms with E-state index in [9.17, 15) is 10.1 Å². The van der Waals surface area contributed by atoms with E-state index in [4.69, 9.17) is 0 Å². The second-order valence-electron chi connectivity index (χ2n) is 4.93. The predicted octanol–water partition coefficient (Wildman–Crippen LogP) is 4.22. The van der Waals surface area contributed by atoms with E-state index in [1.165, 1.54) is 22.7 Å². The highest BCUT2D eigenvalue weighted by Gasteiger charge is 2.14. The van der Waals surface area contributed by atoms with Gasteiger partial charge in [-0.3, -0.25) is 15.2 Å². The third kappa shape index (κ3) is 3.96. The first kappa shape index (κ1) is 15.7. The van der Waals surface area contributed by atoms with Gasteiger partial charge in [-0.2, -0.15) is 0 Å². The molecule has 0 amide bonds. The highest BCUT2D eigenvalue weighted by atomic mass is 32.2. The number of thiophene rings is 1. The average molecular weight is 346 g/mol. The Morgan fingerprint density at radius 3 is 3.00 bits per heavy atom. The number of aromatic amines is 1. The predicted molar refractivity (Wildman–Crippen MR) is 90.9 cm³/mol. The van der Waals surface area contributed by atoms with E-state index in [0.717, 1.165) is 17.8 Å². The minimum absolute atomic E-state index is 0.0280. The van der Waals surface area contributed by atoms with Gasteiger partial charge in [-0.25, -0.2) is 4.98 Å². The molecule has 3 rings (SSSR count). The first-order valence-electron chi connectivity index (χ1n) is 6.96. The van der Waals surface area contributed by atoms with Crippen molar-refractivity contribution >= 4 is 28.8 Å². The SMILES string of the molecule is CC(Sc1n[nH]c(Cc2cccs2)n1)c1cccc([N+](=O)[O-])c1. The Hall–Kier alpha value is -2.19. The Kier molecular flexibility index (Phi) is 4.73. The van der Waals surface area contributed by atoms with Crippen LogP contribution in [0.1, 0.15) is 28.4 Å². The zero-order valence-electron chi connectivity index (χ0n) is 12.3. The molecule has 0 aliphatic rings. The van der Waals surface area contributed by atoms with Crippen molar-refractivity contribution in [1.82, 2.24) is 15.2 Å². The molecule has 2 aromatic heterocycles. The lowest BCUT2D eigenvalue weighted by Crippen LogP contribution is -1.93. The Morgan fingerprint density at radius 2 is 2.26 bits per heavy atom. The van der Waals surface area contributed by atoms with Crippen LogP contribution in [0, 0.1) is 10.1 Å². The molecule has 0 spiro atoms. The minimum atomic E-state index is -0.382. The van der Waals surface area contributed by atoms with Crippen molar-refractivity contribution in [3.8, 4) is 0 Å². The van der Waals surface area contributed by atoms with E-state index >= 15 is 0 Å². The molecule has 0 saturated heterocycles. The molecular weight excluding hydrogens is 332 g/mol. The largest absolute Gasteiger partial charge is 0.269 e. The summed E-state index contributed by atoms with van der Waals surface area (Å²) in [5.74, 6) is 0.821. The van der Waals surface area contributed by atoms with Crippen molar-refractivity contribution in [1.29, 1.82) is 0 Å². The quantitative estimate of drug-likeness (QED) is 0.410. The van der Waals surface area contributed by atoms with Crippen molar-refractivity contribution in [3.63, 3.8) is 0 Å². The highest BCUT2D eigenvalue weighted by molar-refractivity contribution is 7.99. The van der Waals surface area contributed by atoms with Crippen LogP contribution in [-0.2, 0) is 6.42 Å². The van der Waals surface area contributed by atoms with Crippen molar-refractivity contribution in [2.45, 2.75) is 23.8 Å². The molecule has 0 bridgehead atoms.